The van der Waals surface area contributed by atoms with Crippen LogP contribution in [0.2, 0.25) is 0 Å². The number of hydrogen-bond acceptors (Lipinski definition) is 9. The molecule has 1 aromatic heterocycles. The number of sulfonamides is 2. The van der Waals surface area contributed by atoms with Crippen molar-refractivity contribution in [2.75, 3.05) is 56.2 Å². The van der Waals surface area contributed by atoms with Gasteiger partial charge < -0.3 is 15.4 Å². The molecule has 2 aliphatic heterocycles. The number of hydrogen-bond donors (Lipinski definition) is 1. The van der Waals surface area contributed by atoms with Crippen LogP contribution in [0.1, 0.15) is 12.0 Å². The van der Waals surface area contributed by atoms with Gasteiger partial charge in [-0.1, -0.05) is 30.3 Å². The van der Waals surface area contributed by atoms with Crippen LogP contribution in [-0.2, 0) is 25.8 Å². The van der Waals surface area contributed by atoms with E-state index in [1.807, 2.05) is 11.0 Å². The Hall–Kier alpha value is -3.46. The van der Waals surface area contributed by atoms with Crippen LogP contribution in [0.4, 0.5) is 11.4 Å². The molecule has 0 aliphatic carbocycles. The van der Waals surface area contributed by atoms with Crippen LogP contribution >= 0.6 is 0 Å². The summed E-state index contributed by atoms with van der Waals surface area (Å²) in [5, 5.41) is 4.38. The second-order valence-electron chi connectivity index (χ2n) is 9.94. The Bertz CT molecular complexity index is 1620. The third kappa shape index (κ3) is 6.14. The molecule has 40 heavy (non-hydrogen) atoms. The molecule has 5 rings (SSSR count). The second kappa shape index (κ2) is 11.2. The van der Waals surface area contributed by atoms with Gasteiger partial charge in [-0.2, -0.15) is 18.4 Å². The summed E-state index contributed by atoms with van der Waals surface area (Å²) in [6.07, 6.45) is 2.63. The molecule has 3 heterocycles. The lowest BCUT2D eigenvalue weighted by Gasteiger charge is -2.36. The fourth-order valence-corrected chi connectivity index (χ4v) is 7.29. The average Bonchev–Trinajstić information content (AvgIpc) is 3.41. The molecular formula is C26H32N6O6S2. The van der Waals surface area contributed by atoms with Gasteiger partial charge in [-0.05, 0) is 36.2 Å². The normalized spacial score (nSPS) is 19.1. The van der Waals surface area contributed by atoms with Crippen molar-refractivity contribution in [1.29, 1.82) is 0 Å². The molecule has 1 atom stereocenters. The number of piperazine rings is 1. The third-order valence-electron chi connectivity index (χ3n) is 7.08. The Morgan fingerprint density at radius 3 is 2.23 bits per heavy atom. The van der Waals surface area contributed by atoms with Gasteiger partial charge in [-0.25, -0.2) is 16.8 Å². The van der Waals surface area contributed by atoms with Gasteiger partial charge in [-0.3, -0.25) is 4.79 Å². The van der Waals surface area contributed by atoms with Gasteiger partial charge in [0.15, 0.2) is 0 Å². The topological polar surface area (TPSA) is 148 Å². The van der Waals surface area contributed by atoms with E-state index in [2.05, 4.69) is 5.10 Å². The Kier molecular flexibility index (Phi) is 7.86. The van der Waals surface area contributed by atoms with E-state index in [1.165, 1.54) is 13.3 Å². The van der Waals surface area contributed by atoms with Crippen molar-refractivity contribution < 1.29 is 21.6 Å². The zero-order valence-corrected chi connectivity index (χ0v) is 23.7. The SMILES string of the molecule is CS(=O)(=O)N1CCC(Oc2c(N3CCN(S(=O)(=O)Cc4ccc(N)cc4)CC3)cnn(-c3ccccc3)c2=O)C1. The predicted molar refractivity (Wildman–Crippen MR) is 153 cm³/mol. The Morgan fingerprint density at radius 1 is 0.925 bits per heavy atom. The number of nitrogens with zero attached hydrogens (tertiary/aromatic N) is 5. The van der Waals surface area contributed by atoms with E-state index < -0.39 is 31.7 Å². The minimum Gasteiger partial charge on any atom is -0.481 e. The van der Waals surface area contributed by atoms with E-state index in [4.69, 9.17) is 10.5 Å². The molecule has 1 unspecified atom stereocenters. The monoisotopic (exact) mass is 588 g/mol. The van der Waals surface area contributed by atoms with E-state index in [0.29, 0.717) is 48.7 Å². The Balaban J connectivity index is 1.38. The number of nitrogens with two attached hydrogens (primary N) is 1. The summed E-state index contributed by atoms with van der Waals surface area (Å²) in [6, 6.07) is 15.7. The lowest BCUT2D eigenvalue weighted by Crippen LogP contribution is -2.49. The third-order valence-corrected chi connectivity index (χ3v) is 10.2. The van der Waals surface area contributed by atoms with Crippen LogP contribution in [0.5, 0.6) is 5.75 Å². The van der Waals surface area contributed by atoms with E-state index in [9.17, 15) is 21.6 Å². The zero-order valence-electron chi connectivity index (χ0n) is 22.1. The minimum absolute atomic E-state index is 0.0670. The summed E-state index contributed by atoms with van der Waals surface area (Å²) >= 11 is 0. The number of ether oxygens (including phenoxy) is 1. The summed E-state index contributed by atoms with van der Waals surface area (Å²) in [4.78, 5) is 15.5. The average molecular weight is 589 g/mol. The molecule has 0 spiro atoms. The van der Waals surface area contributed by atoms with Crippen molar-refractivity contribution in [2.45, 2.75) is 18.3 Å². The van der Waals surface area contributed by atoms with E-state index in [0.717, 1.165) is 6.26 Å². The molecule has 0 saturated carbocycles. The van der Waals surface area contributed by atoms with Crippen molar-refractivity contribution >= 4 is 31.4 Å². The van der Waals surface area contributed by atoms with E-state index in [-0.39, 0.29) is 31.1 Å². The van der Waals surface area contributed by atoms with Crippen molar-refractivity contribution in [3.05, 3.63) is 76.7 Å². The Morgan fingerprint density at radius 2 is 1.60 bits per heavy atom. The fraction of sp³-hybridized carbons (Fsp3) is 0.385. The first-order valence-corrected chi connectivity index (χ1v) is 16.3. The predicted octanol–water partition coefficient (Wildman–Crippen LogP) is 0.879. The minimum atomic E-state index is -3.56. The maximum Gasteiger partial charge on any atom is 0.316 e. The Labute approximate surface area is 233 Å². The number of aromatic nitrogens is 2. The van der Waals surface area contributed by atoms with Crippen LogP contribution < -0.4 is 20.9 Å². The molecule has 0 radical (unpaired) electrons. The molecule has 0 amide bonds. The number of benzene rings is 2. The molecule has 0 bridgehead atoms. The van der Waals surface area contributed by atoms with Crippen molar-refractivity contribution in [3.63, 3.8) is 0 Å². The first-order valence-electron chi connectivity index (χ1n) is 12.9. The summed E-state index contributed by atoms with van der Waals surface area (Å²) in [6.45, 7) is 1.55. The summed E-state index contributed by atoms with van der Waals surface area (Å²) < 4.78 is 60.4. The smallest absolute Gasteiger partial charge is 0.316 e. The molecule has 2 aliphatic rings. The first kappa shape index (κ1) is 28.1. The second-order valence-corrected chi connectivity index (χ2v) is 13.9. The molecule has 14 heteroatoms. The van der Waals surface area contributed by atoms with Crippen LogP contribution in [0.15, 0.2) is 65.6 Å². The van der Waals surface area contributed by atoms with Crippen molar-refractivity contribution in [1.82, 2.24) is 18.4 Å². The number of para-hydroxylation sites is 1. The van der Waals surface area contributed by atoms with Gasteiger partial charge in [0.2, 0.25) is 25.8 Å². The standard InChI is InChI=1S/C26H32N6O6S2/c1-39(34,35)31-12-11-23(18-31)38-25-24(17-28-32(26(25)33)22-5-3-2-4-6-22)29-13-15-30(16-14-29)40(36,37)19-20-7-9-21(27)10-8-20/h2-10,17,23H,11-16,18-19,27H2,1H3. The van der Waals surface area contributed by atoms with Crippen molar-refractivity contribution in [2.24, 2.45) is 0 Å². The van der Waals surface area contributed by atoms with Crippen molar-refractivity contribution in [3.8, 4) is 11.4 Å². The van der Waals surface area contributed by atoms with Crippen LogP contribution in [0.3, 0.4) is 0 Å². The maximum atomic E-state index is 13.7. The van der Waals surface area contributed by atoms with Gasteiger partial charge in [0.25, 0.3) is 0 Å². The highest BCUT2D eigenvalue weighted by Crippen LogP contribution is 2.29. The highest BCUT2D eigenvalue weighted by Gasteiger charge is 2.33. The van der Waals surface area contributed by atoms with Crippen LogP contribution in [0, 0.1) is 0 Å². The molecule has 3 aromatic rings. The van der Waals surface area contributed by atoms with Crippen LogP contribution in [0.25, 0.3) is 5.69 Å². The quantitative estimate of drug-likeness (QED) is 0.379. The van der Waals surface area contributed by atoms with E-state index in [1.54, 1.807) is 54.7 Å². The molecule has 2 saturated heterocycles. The lowest BCUT2D eigenvalue weighted by atomic mass is 10.2. The zero-order chi connectivity index (χ0) is 28.5. The molecule has 214 valence electrons. The van der Waals surface area contributed by atoms with Gasteiger partial charge >= 0.3 is 5.56 Å². The summed E-state index contributed by atoms with van der Waals surface area (Å²) in [5.74, 6) is -0.0631. The molecule has 2 N–H and O–H groups in total. The number of rotatable bonds is 8. The van der Waals surface area contributed by atoms with Gasteiger partial charge in [-0.15, -0.1) is 0 Å². The first-order chi connectivity index (χ1) is 19.0. The number of nitrogen functional groups attached to an aromatic ring is 1. The van der Waals surface area contributed by atoms with Gasteiger partial charge in [0, 0.05) is 38.4 Å². The summed E-state index contributed by atoms with van der Waals surface area (Å²) in [7, 11) is -6.95. The largest absolute Gasteiger partial charge is 0.481 e. The lowest BCUT2D eigenvalue weighted by molar-refractivity contribution is 0.211. The highest BCUT2D eigenvalue weighted by atomic mass is 32.2. The van der Waals surface area contributed by atoms with Gasteiger partial charge in [0.05, 0.1) is 30.4 Å². The molecule has 2 fully saturated rings. The fourth-order valence-electron chi connectivity index (χ4n) is 4.90. The summed E-state index contributed by atoms with van der Waals surface area (Å²) in [5.41, 5.74) is 7.47. The number of anilines is 2. The van der Waals surface area contributed by atoms with Crippen LogP contribution in [-0.4, -0.2) is 86.9 Å². The highest BCUT2D eigenvalue weighted by molar-refractivity contribution is 7.88. The molecular weight excluding hydrogens is 556 g/mol. The molecule has 2 aromatic carbocycles. The van der Waals surface area contributed by atoms with E-state index >= 15 is 0 Å². The maximum absolute atomic E-state index is 13.7. The molecule has 12 nitrogen and oxygen atoms in total. The van der Waals surface area contributed by atoms with Gasteiger partial charge in [0.1, 0.15) is 11.8 Å².